The highest BCUT2D eigenvalue weighted by Crippen LogP contribution is 2.27. The van der Waals surface area contributed by atoms with Crippen molar-refractivity contribution in [3.63, 3.8) is 0 Å². The number of rotatable bonds is 6. The summed E-state index contributed by atoms with van der Waals surface area (Å²) in [4.78, 5) is 20.6. The van der Waals surface area contributed by atoms with Gasteiger partial charge in [-0.2, -0.15) is 0 Å². The van der Waals surface area contributed by atoms with Crippen molar-refractivity contribution in [2.24, 2.45) is 0 Å². The molecule has 0 aliphatic heterocycles. The summed E-state index contributed by atoms with van der Waals surface area (Å²) in [5, 5.41) is 13.0. The first kappa shape index (κ1) is 16.8. The Kier molecular flexibility index (Phi) is 5.84. The van der Waals surface area contributed by atoms with E-state index in [1.54, 1.807) is 0 Å². The molecule has 22 heavy (non-hydrogen) atoms. The van der Waals surface area contributed by atoms with Crippen molar-refractivity contribution in [3.8, 4) is 0 Å². The molecule has 1 atom stereocenters. The van der Waals surface area contributed by atoms with E-state index in [0.29, 0.717) is 17.5 Å². The van der Waals surface area contributed by atoms with Gasteiger partial charge in [0.05, 0.1) is 5.25 Å². The SMILES string of the molecule is CCC(Sc1cc(C)ncn1)C(=O)Nc1nnc(C(C)C)s1. The average Bonchev–Trinajstić information content (AvgIpc) is 2.93. The molecule has 0 spiro atoms. The monoisotopic (exact) mass is 337 g/mol. The molecule has 0 aromatic carbocycles. The predicted octanol–water partition coefficient (Wildman–Crippen LogP) is 3.27. The smallest absolute Gasteiger partial charge is 0.239 e. The average molecular weight is 337 g/mol. The normalized spacial score (nSPS) is 12.4. The van der Waals surface area contributed by atoms with Crippen molar-refractivity contribution in [2.45, 2.75) is 50.3 Å². The number of anilines is 1. The quantitative estimate of drug-likeness (QED) is 0.643. The maximum Gasteiger partial charge on any atom is 0.239 e. The molecule has 0 radical (unpaired) electrons. The minimum atomic E-state index is -0.222. The second kappa shape index (κ2) is 7.64. The van der Waals surface area contributed by atoms with Crippen LogP contribution in [-0.2, 0) is 4.79 Å². The third-order valence-electron chi connectivity index (χ3n) is 2.87. The van der Waals surface area contributed by atoms with Crippen LogP contribution in [0.5, 0.6) is 0 Å². The first-order valence-corrected chi connectivity index (χ1v) is 8.78. The van der Waals surface area contributed by atoms with Crippen molar-refractivity contribution < 1.29 is 4.79 Å². The van der Waals surface area contributed by atoms with E-state index in [9.17, 15) is 4.79 Å². The van der Waals surface area contributed by atoms with Gasteiger partial charge in [0.25, 0.3) is 0 Å². The Morgan fingerprint density at radius 3 is 2.73 bits per heavy atom. The standard InChI is InChI=1S/C14H19N5OS2/c1-5-10(21-11-6-9(4)15-7-16-11)12(20)17-14-19-18-13(22-14)8(2)3/h6-8,10H,5H2,1-4H3,(H,17,19,20). The van der Waals surface area contributed by atoms with Gasteiger partial charge in [-0.1, -0.05) is 43.9 Å². The second-order valence-corrected chi connectivity index (χ2v) is 7.33. The van der Waals surface area contributed by atoms with Crippen molar-refractivity contribution in [1.29, 1.82) is 0 Å². The van der Waals surface area contributed by atoms with Crippen LogP contribution in [0.3, 0.4) is 0 Å². The first-order chi connectivity index (χ1) is 10.5. The zero-order valence-electron chi connectivity index (χ0n) is 13.0. The fourth-order valence-electron chi connectivity index (χ4n) is 1.67. The fourth-order valence-corrected chi connectivity index (χ4v) is 3.39. The molecular formula is C14H19N5OS2. The molecule has 0 saturated carbocycles. The summed E-state index contributed by atoms with van der Waals surface area (Å²) in [7, 11) is 0. The summed E-state index contributed by atoms with van der Waals surface area (Å²) in [5.41, 5.74) is 0.887. The van der Waals surface area contributed by atoms with E-state index in [1.807, 2.05) is 33.8 Å². The largest absolute Gasteiger partial charge is 0.300 e. The van der Waals surface area contributed by atoms with Crippen LogP contribution in [0.1, 0.15) is 43.8 Å². The van der Waals surface area contributed by atoms with Crippen LogP contribution in [0.15, 0.2) is 17.4 Å². The van der Waals surface area contributed by atoms with Crippen molar-refractivity contribution >= 4 is 34.1 Å². The summed E-state index contributed by atoms with van der Waals surface area (Å²) in [6.45, 7) is 7.98. The molecule has 0 bridgehead atoms. The lowest BCUT2D eigenvalue weighted by Crippen LogP contribution is -2.24. The van der Waals surface area contributed by atoms with Gasteiger partial charge < -0.3 is 0 Å². The van der Waals surface area contributed by atoms with Gasteiger partial charge in [0.2, 0.25) is 11.0 Å². The summed E-state index contributed by atoms with van der Waals surface area (Å²) in [6, 6.07) is 1.88. The second-order valence-electron chi connectivity index (χ2n) is 5.10. The Morgan fingerprint density at radius 2 is 2.14 bits per heavy atom. The van der Waals surface area contributed by atoms with E-state index in [0.717, 1.165) is 15.7 Å². The van der Waals surface area contributed by atoms with Crippen molar-refractivity contribution in [2.75, 3.05) is 5.32 Å². The maximum atomic E-state index is 12.4. The molecule has 6 nitrogen and oxygen atoms in total. The number of carbonyl (C=O) groups excluding carboxylic acids is 1. The van der Waals surface area contributed by atoms with Crippen LogP contribution in [0.25, 0.3) is 0 Å². The Bertz CT molecular complexity index is 644. The highest BCUT2D eigenvalue weighted by molar-refractivity contribution is 8.00. The van der Waals surface area contributed by atoms with E-state index in [2.05, 4.69) is 25.5 Å². The number of hydrogen-bond donors (Lipinski definition) is 1. The van der Waals surface area contributed by atoms with Gasteiger partial charge in [-0.3, -0.25) is 10.1 Å². The lowest BCUT2D eigenvalue weighted by Gasteiger charge is -2.12. The van der Waals surface area contributed by atoms with Crippen LogP contribution in [0.4, 0.5) is 5.13 Å². The molecule has 118 valence electrons. The number of carbonyl (C=O) groups is 1. The van der Waals surface area contributed by atoms with Crippen LogP contribution in [0.2, 0.25) is 0 Å². The number of aromatic nitrogens is 4. The van der Waals surface area contributed by atoms with Crippen LogP contribution < -0.4 is 5.32 Å². The van der Waals surface area contributed by atoms with Crippen molar-refractivity contribution in [3.05, 3.63) is 23.1 Å². The van der Waals surface area contributed by atoms with E-state index < -0.39 is 0 Å². The summed E-state index contributed by atoms with van der Waals surface area (Å²) in [6.07, 6.45) is 2.22. The van der Waals surface area contributed by atoms with E-state index >= 15 is 0 Å². The predicted molar refractivity (Wildman–Crippen MR) is 89.3 cm³/mol. The Morgan fingerprint density at radius 1 is 1.36 bits per heavy atom. The number of nitrogens with zero attached hydrogens (tertiary/aromatic N) is 4. The molecule has 8 heteroatoms. The summed E-state index contributed by atoms with van der Waals surface area (Å²) < 4.78 is 0. The van der Waals surface area contributed by atoms with Crippen LogP contribution >= 0.6 is 23.1 Å². The molecule has 0 saturated heterocycles. The highest BCUT2D eigenvalue weighted by atomic mass is 32.2. The topological polar surface area (TPSA) is 80.7 Å². The Labute approximate surface area is 138 Å². The minimum absolute atomic E-state index is 0.0739. The number of aryl methyl sites for hydroxylation is 1. The van der Waals surface area contributed by atoms with Gasteiger partial charge in [-0.15, -0.1) is 10.2 Å². The van der Waals surface area contributed by atoms with Crippen molar-refractivity contribution in [1.82, 2.24) is 20.2 Å². The molecule has 2 aromatic heterocycles. The van der Waals surface area contributed by atoms with Gasteiger partial charge in [-0.05, 0) is 19.4 Å². The van der Waals surface area contributed by atoms with Gasteiger partial charge in [0.15, 0.2) is 0 Å². The molecule has 2 heterocycles. The zero-order chi connectivity index (χ0) is 16.1. The molecule has 2 aromatic rings. The van der Waals surface area contributed by atoms with Gasteiger partial charge in [0, 0.05) is 11.6 Å². The number of nitrogens with one attached hydrogen (secondary N) is 1. The summed E-state index contributed by atoms with van der Waals surface area (Å²) >= 11 is 2.85. The molecule has 0 aliphatic rings. The molecule has 0 fully saturated rings. The molecule has 1 N–H and O–H groups in total. The van der Waals surface area contributed by atoms with Crippen LogP contribution in [0, 0.1) is 6.92 Å². The van der Waals surface area contributed by atoms with E-state index in [-0.39, 0.29) is 11.2 Å². The molecule has 1 unspecified atom stereocenters. The Hall–Kier alpha value is -1.54. The lowest BCUT2D eigenvalue weighted by atomic mass is 10.2. The van der Waals surface area contributed by atoms with E-state index in [4.69, 9.17) is 0 Å². The fraction of sp³-hybridized carbons (Fsp3) is 0.500. The summed E-state index contributed by atoms with van der Waals surface area (Å²) in [5.74, 6) is 0.235. The molecule has 1 amide bonds. The third-order valence-corrected chi connectivity index (χ3v) is 5.31. The highest BCUT2D eigenvalue weighted by Gasteiger charge is 2.20. The lowest BCUT2D eigenvalue weighted by molar-refractivity contribution is -0.115. The minimum Gasteiger partial charge on any atom is -0.300 e. The Balaban J connectivity index is 2.02. The number of thioether (sulfide) groups is 1. The number of amides is 1. The van der Waals surface area contributed by atoms with Gasteiger partial charge >= 0.3 is 0 Å². The molecular weight excluding hydrogens is 318 g/mol. The third kappa shape index (κ3) is 4.48. The van der Waals surface area contributed by atoms with E-state index in [1.165, 1.54) is 29.4 Å². The van der Waals surface area contributed by atoms with Gasteiger partial charge in [0.1, 0.15) is 16.4 Å². The maximum absolute atomic E-state index is 12.4. The van der Waals surface area contributed by atoms with Crippen LogP contribution in [-0.4, -0.2) is 31.3 Å². The zero-order valence-corrected chi connectivity index (χ0v) is 14.7. The molecule has 0 aliphatic carbocycles. The molecule has 2 rings (SSSR count). The number of hydrogen-bond acceptors (Lipinski definition) is 7. The van der Waals surface area contributed by atoms with Gasteiger partial charge in [-0.25, -0.2) is 9.97 Å². The first-order valence-electron chi connectivity index (χ1n) is 7.09.